The first-order chi connectivity index (χ1) is 10.0. The number of benzene rings is 2. The SMILES string of the molecule is CCCNC(c1ccc(F)c(F)c1)c1ccc(C)cc1Br. The van der Waals surface area contributed by atoms with Gasteiger partial charge in [-0.05, 0) is 54.8 Å². The van der Waals surface area contributed by atoms with Crippen LogP contribution in [0, 0.1) is 18.6 Å². The van der Waals surface area contributed by atoms with Gasteiger partial charge in [-0.25, -0.2) is 8.78 Å². The summed E-state index contributed by atoms with van der Waals surface area (Å²) in [6, 6.07) is 9.93. The molecular weight excluding hydrogens is 336 g/mol. The molecule has 1 N–H and O–H groups in total. The average molecular weight is 354 g/mol. The van der Waals surface area contributed by atoms with E-state index >= 15 is 0 Å². The molecule has 2 aromatic carbocycles. The third-order valence-electron chi connectivity index (χ3n) is 3.34. The van der Waals surface area contributed by atoms with E-state index in [9.17, 15) is 8.78 Å². The summed E-state index contributed by atoms with van der Waals surface area (Å²) in [5.41, 5.74) is 2.87. The molecule has 4 heteroatoms. The lowest BCUT2D eigenvalue weighted by Gasteiger charge is -2.21. The third kappa shape index (κ3) is 3.89. The standard InChI is InChI=1S/C17H18BrF2N/c1-3-8-21-17(12-5-7-15(19)16(20)10-12)13-6-4-11(2)9-14(13)18/h4-7,9-10,17,21H,3,8H2,1-2H3. The Kier molecular flexibility index (Phi) is 5.48. The second-order valence-corrected chi connectivity index (χ2v) is 5.94. The minimum atomic E-state index is -0.823. The first-order valence-electron chi connectivity index (χ1n) is 6.97. The molecule has 0 aromatic heterocycles. The lowest BCUT2D eigenvalue weighted by Crippen LogP contribution is -2.23. The molecule has 0 spiro atoms. The number of hydrogen-bond acceptors (Lipinski definition) is 1. The van der Waals surface area contributed by atoms with Crippen molar-refractivity contribution in [3.63, 3.8) is 0 Å². The molecule has 1 nitrogen and oxygen atoms in total. The summed E-state index contributed by atoms with van der Waals surface area (Å²) in [7, 11) is 0. The van der Waals surface area contributed by atoms with Crippen LogP contribution in [0.1, 0.15) is 36.1 Å². The first kappa shape index (κ1) is 16.1. The number of rotatable bonds is 5. The molecule has 0 aliphatic rings. The fourth-order valence-corrected chi connectivity index (χ4v) is 2.98. The van der Waals surface area contributed by atoms with Crippen molar-refractivity contribution in [2.45, 2.75) is 26.3 Å². The van der Waals surface area contributed by atoms with E-state index in [4.69, 9.17) is 0 Å². The Morgan fingerprint density at radius 2 is 1.86 bits per heavy atom. The molecule has 0 fully saturated rings. The summed E-state index contributed by atoms with van der Waals surface area (Å²) in [5, 5.41) is 3.39. The molecule has 0 aliphatic carbocycles. The number of halogens is 3. The van der Waals surface area contributed by atoms with E-state index in [1.165, 1.54) is 12.1 Å². The molecule has 112 valence electrons. The van der Waals surface area contributed by atoms with Gasteiger partial charge in [-0.1, -0.05) is 41.1 Å². The second kappa shape index (κ2) is 7.14. The molecule has 0 amide bonds. The molecule has 0 bridgehead atoms. The van der Waals surface area contributed by atoms with Crippen LogP contribution in [0.25, 0.3) is 0 Å². The van der Waals surface area contributed by atoms with Crippen molar-refractivity contribution in [1.29, 1.82) is 0 Å². The summed E-state index contributed by atoms with van der Waals surface area (Å²) in [6.07, 6.45) is 0.962. The maximum atomic E-state index is 13.5. The summed E-state index contributed by atoms with van der Waals surface area (Å²) >= 11 is 3.56. The van der Waals surface area contributed by atoms with Crippen molar-refractivity contribution < 1.29 is 8.78 Å². The van der Waals surface area contributed by atoms with Crippen LogP contribution < -0.4 is 5.32 Å². The highest BCUT2D eigenvalue weighted by atomic mass is 79.9. The van der Waals surface area contributed by atoms with Crippen molar-refractivity contribution in [3.8, 4) is 0 Å². The maximum absolute atomic E-state index is 13.5. The summed E-state index contributed by atoms with van der Waals surface area (Å²) in [6.45, 7) is 4.88. The molecule has 0 saturated carbocycles. The minimum absolute atomic E-state index is 0.171. The highest BCUT2D eigenvalue weighted by Gasteiger charge is 2.17. The van der Waals surface area contributed by atoms with Crippen molar-refractivity contribution >= 4 is 15.9 Å². The third-order valence-corrected chi connectivity index (χ3v) is 4.03. The minimum Gasteiger partial charge on any atom is -0.306 e. The Morgan fingerprint density at radius 1 is 1.10 bits per heavy atom. The Balaban J connectivity index is 2.44. The van der Waals surface area contributed by atoms with Gasteiger partial charge in [-0.3, -0.25) is 0 Å². The van der Waals surface area contributed by atoms with Gasteiger partial charge in [0.15, 0.2) is 11.6 Å². The zero-order chi connectivity index (χ0) is 15.4. The smallest absolute Gasteiger partial charge is 0.159 e. The molecule has 0 aliphatic heterocycles. The van der Waals surface area contributed by atoms with E-state index in [-0.39, 0.29) is 6.04 Å². The monoisotopic (exact) mass is 353 g/mol. The van der Waals surface area contributed by atoms with Gasteiger partial charge in [0, 0.05) is 4.47 Å². The Hall–Kier alpha value is -1.26. The van der Waals surface area contributed by atoms with Gasteiger partial charge in [0.25, 0.3) is 0 Å². The van der Waals surface area contributed by atoms with E-state index in [1.807, 2.05) is 25.1 Å². The van der Waals surface area contributed by atoms with Gasteiger partial charge < -0.3 is 5.32 Å². The fourth-order valence-electron chi connectivity index (χ4n) is 2.25. The van der Waals surface area contributed by atoms with Gasteiger partial charge in [-0.15, -0.1) is 0 Å². The quantitative estimate of drug-likeness (QED) is 0.785. The fraction of sp³-hybridized carbons (Fsp3) is 0.294. The van der Waals surface area contributed by atoms with Crippen LogP contribution >= 0.6 is 15.9 Å². The first-order valence-corrected chi connectivity index (χ1v) is 7.76. The molecule has 1 atom stereocenters. The molecule has 21 heavy (non-hydrogen) atoms. The van der Waals surface area contributed by atoms with E-state index in [0.29, 0.717) is 5.56 Å². The summed E-state index contributed by atoms with van der Waals surface area (Å²) in [4.78, 5) is 0. The van der Waals surface area contributed by atoms with Crippen LogP contribution in [0.4, 0.5) is 8.78 Å². The van der Waals surface area contributed by atoms with Crippen LogP contribution in [0.15, 0.2) is 40.9 Å². The molecule has 2 rings (SSSR count). The van der Waals surface area contributed by atoms with Crippen molar-refractivity contribution in [1.82, 2.24) is 5.32 Å². The number of hydrogen-bond donors (Lipinski definition) is 1. The molecular formula is C17H18BrF2N. The van der Waals surface area contributed by atoms with Gasteiger partial charge in [-0.2, -0.15) is 0 Å². The van der Waals surface area contributed by atoms with Gasteiger partial charge in [0.05, 0.1) is 6.04 Å². The zero-order valence-corrected chi connectivity index (χ0v) is 13.7. The van der Waals surface area contributed by atoms with Crippen LogP contribution in [0.5, 0.6) is 0 Å². The lowest BCUT2D eigenvalue weighted by atomic mass is 9.97. The van der Waals surface area contributed by atoms with Crippen LogP contribution in [0.3, 0.4) is 0 Å². The zero-order valence-electron chi connectivity index (χ0n) is 12.1. The maximum Gasteiger partial charge on any atom is 0.159 e. The highest BCUT2D eigenvalue weighted by Crippen LogP contribution is 2.30. The Bertz CT molecular complexity index is 628. The Labute approximate surface area is 132 Å². The van der Waals surface area contributed by atoms with Gasteiger partial charge >= 0.3 is 0 Å². The van der Waals surface area contributed by atoms with Gasteiger partial charge in [0.1, 0.15) is 0 Å². The van der Waals surface area contributed by atoms with E-state index in [2.05, 4.69) is 28.2 Å². The summed E-state index contributed by atoms with van der Waals surface area (Å²) in [5.74, 6) is -1.64. The molecule has 0 saturated heterocycles. The van der Waals surface area contributed by atoms with Gasteiger partial charge in [0.2, 0.25) is 0 Å². The predicted molar refractivity (Wildman–Crippen MR) is 85.4 cm³/mol. The van der Waals surface area contributed by atoms with E-state index < -0.39 is 11.6 Å². The Morgan fingerprint density at radius 3 is 2.48 bits per heavy atom. The number of nitrogens with one attached hydrogen (secondary N) is 1. The van der Waals surface area contributed by atoms with Crippen molar-refractivity contribution in [2.75, 3.05) is 6.54 Å². The average Bonchev–Trinajstić information content (AvgIpc) is 2.44. The van der Waals surface area contributed by atoms with Crippen molar-refractivity contribution in [3.05, 3.63) is 69.2 Å². The molecule has 0 heterocycles. The normalized spacial score (nSPS) is 12.4. The van der Waals surface area contributed by atoms with E-state index in [0.717, 1.165) is 28.6 Å². The van der Waals surface area contributed by atoms with Crippen LogP contribution in [0.2, 0.25) is 0 Å². The van der Waals surface area contributed by atoms with Crippen LogP contribution in [-0.4, -0.2) is 6.54 Å². The molecule has 0 radical (unpaired) electrons. The van der Waals surface area contributed by atoms with Crippen LogP contribution in [-0.2, 0) is 0 Å². The lowest BCUT2D eigenvalue weighted by molar-refractivity contribution is 0.503. The highest BCUT2D eigenvalue weighted by molar-refractivity contribution is 9.10. The second-order valence-electron chi connectivity index (χ2n) is 5.09. The largest absolute Gasteiger partial charge is 0.306 e. The molecule has 2 aromatic rings. The molecule has 1 unspecified atom stereocenters. The van der Waals surface area contributed by atoms with Crippen molar-refractivity contribution in [2.24, 2.45) is 0 Å². The summed E-state index contributed by atoms with van der Waals surface area (Å²) < 4.78 is 27.6. The number of aryl methyl sites for hydroxylation is 1. The predicted octanol–water partition coefficient (Wildman–Crippen LogP) is 5.12. The topological polar surface area (TPSA) is 12.0 Å². The van der Waals surface area contributed by atoms with E-state index in [1.54, 1.807) is 6.07 Å².